The van der Waals surface area contributed by atoms with Crippen LogP contribution in [-0.2, 0) is 21.1 Å². The summed E-state index contributed by atoms with van der Waals surface area (Å²) in [5.74, 6) is -0.0838. The maximum absolute atomic E-state index is 13.5. The molecule has 3 aromatic rings. The molecule has 2 aromatic carbocycles. The van der Waals surface area contributed by atoms with E-state index in [0.717, 1.165) is 41.0 Å². The molecule has 0 saturated heterocycles. The van der Waals surface area contributed by atoms with Crippen LogP contribution in [0.25, 0.3) is 10.2 Å². The molecule has 34 heavy (non-hydrogen) atoms. The van der Waals surface area contributed by atoms with Gasteiger partial charge in [-0.15, -0.1) is 0 Å². The summed E-state index contributed by atoms with van der Waals surface area (Å²) in [5.41, 5.74) is 2.59. The Morgan fingerprint density at radius 2 is 1.71 bits per heavy atom. The number of thiazole rings is 1. The minimum absolute atomic E-state index is 0.0838. The van der Waals surface area contributed by atoms with Gasteiger partial charge < -0.3 is 4.90 Å². The summed E-state index contributed by atoms with van der Waals surface area (Å²) >= 11 is 7.84. The van der Waals surface area contributed by atoms with E-state index in [4.69, 9.17) is 16.6 Å². The summed E-state index contributed by atoms with van der Waals surface area (Å²) < 4.78 is 25.7. The lowest BCUT2D eigenvalue weighted by molar-refractivity contribution is -0.118. The average molecular weight is 522 g/mol. The topological polar surface area (TPSA) is 70.6 Å². The van der Waals surface area contributed by atoms with Gasteiger partial charge in [0.1, 0.15) is 0 Å². The SMILES string of the molecule is CCN(CC)CCN(C(=O)Cc1ccc(S(=O)(=O)C(C)C)cc1)c1nc2c(C)ccc(Cl)c2s1. The quantitative estimate of drug-likeness (QED) is 0.359. The molecule has 9 heteroatoms. The number of rotatable bonds is 10. The fraction of sp³-hybridized carbons (Fsp3) is 0.440. The van der Waals surface area contributed by atoms with E-state index in [1.165, 1.54) is 11.3 Å². The van der Waals surface area contributed by atoms with Gasteiger partial charge in [-0.05, 0) is 63.2 Å². The van der Waals surface area contributed by atoms with Crippen molar-refractivity contribution in [2.75, 3.05) is 31.1 Å². The van der Waals surface area contributed by atoms with E-state index < -0.39 is 15.1 Å². The molecular weight excluding hydrogens is 490 g/mol. The van der Waals surface area contributed by atoms with Crippen molar-refractivity contribution >= 4 is 54.0 Å². The number of anilines is 1. The van der Waals surface area contributed by atoms with Crippen molar-refractivity contribution in [2.45, 2.75) is 51.2 Å². The second-order valence-corrected chi connectivity index (χ2v) is 12.4. The van der Waals surface area contributed by atoms with E-state index in [-0.39, 0.29) is 17.2 Å². The summed E-state index contributed by atoms with van der Waals surface area (Å²) in [6, 6.07) is 10.4. The molecule has 0 spiro atoms. The van der Waals surface area contributed by atoms with Crippen LogP contribution in [0.3, 0.4) is 0 Å². The Kier molecular flexibility index (Phi) is 8.73. The number of hydrogen-bond donors (Lipinski definition) is 0. The predicted molar refractivity (Wildman–Crippen MR) is 142 cm³/mol. The zero-order chi connectivity index (χ0) is 25.0. The van der Waals surface area contributed by atoms with Crippen molar-refractivity contribution < 1.29 is 13.2 Å². The molecular formula is C25H32ClN3O3S2. The maximum atomic E-state index is 13.5. The molecule has 6 nitrogen and oxygen atoms in total. The molecule has 1 heterocycles. The third-order valence-electron chi connectivity index (χ3n) is 5.98. The standard InChI is InChI=1S/C25H32ClN3O3S2/c1-6-28(7-2)14-15-29(25-27-23-18(5)8-13-21(26)24(23)33-25)22(30)16-19-9-11-20(12-10-19)34(31,32)17(3)4/h8-13,17H,6-7,14-16H2,1-5H3. The number of sulfone groups is 1. The Balaban J connectivity index is 1.90. The van der Waals surface area contributed by atoms with Crippen LogP contribution in [-0.4, -0.2) is 55.6 Å². The molecule has 0 radical (unpaired) electrons. The predicted octanol–water partition coefficient (Wildman–Crippen LogP) is 5.36. The first-order valence-electron chi connectivity index (χ1n) is 11.5. The number of amides is 1. The number of carbonyl (C=O) groups excluding carboxylic acids is 1. The van der Waals surface area contributed by atoms with E-state index in [2.05, 4.69) is 18.7 Å². The Morgan fingerprint density at radius 3 is 2.26 bits per heavy atom. The number of halogens is 1. The molecule has 1 amide bonds. The van der Waals surface area contributed by atoms with Gasteiger partial charge in [0.25, 0.3) is 0 Å². The minimum atomic E-state index is -3.35. The van der Waals surface area contributed by atoms with E-state index >= 15 is 0 Å². The van der Waals surface area contributed by atoms with Crippen LogP contribution in [0, 0.1) is 6.92 Å². The van der Waals surface area contributed by atoms with Gasteiger partial charge in [-0.3, -0.25) is 9.69 Å². The van der Waals surface area contributed by atoms with Crippen LogP contribution in [0.1, 0.15) is 38.8 Å². The Hall–Kier alpha value is -2.00. The average Bonchev–Trinajstić information content (AvgIpc) is 3.26. The fourth-order valence-corrected chi connectivity index (χ4v) is 6.07. The van der Waals surface area contributed by atoms with Crippen LogP contribution in [0.2, 0.25) is 5.02 Å². The molecule has 1 aromatic heterocycles. The second kappa shape index (κ2) is 11.2. The first-order valence-corrected chi connectivity index (χ1v) is 14.2. The molecule has 0 aliphatic heterocycles. The highest BCUT2D eigenvalue weighted by molar-refractivity contribution is 7.92. The Labute approximate surface area is 211 Å². The first kappa shape index (κ1) is 26.6. The minimum Gasteiger partial charge on any atom is -0.302 e. The molecule has 0 aliphatic rings. The first-order chi connectivity index (χ1) is 16.1. The maximum Gasteiger partial charge on any atom is 0.233 e. The summed E-state index contributed by atoms with van der Waals surface area (Å²) in [6.45, 7) is 12.5. The van der Waals surface area contributed by atoms with Crippen molar-refractivity contribution in [1.29, 1.82) is 0 Å². The summed E-state index contributed by atoms with van der Waals surface area (Å²) in [5, 5.41) is 0.759. The molecule has 0 aliphatic carbocycles. The lowest BCUT2D eigenvalue weighted by atomic mass is 10.1. The van der Waals surface area contributed by atoms with Crippen LogP contribution in [0.15, 0.2) is 41.3 Å². The summed E-state index contributed by atoms with van der Waals surface area (Å²) in [4.78, 5) is 22.5. The number of hydrogen-bond acceptors (Lipinski definition) is 6. The number of nitrogens with zero attached hydrogens (tertiary/aromatic N) is 3. The molecule has 0 atom stereocenters. The van der Waals surface area contributed by atoms with Gasteiger partial charge >= 0.3 is 0 Å². The molecule has 0 saturated carbocycles. The summed E-state index contributed by atoms with van der Waals surface area (Å²) in [7, 11) is -3.35. The van der Waals surface area contributed by atoms with Gasteiger partial charge in [0.2, 0.25) is 5.91 Å². The summed E-state index contributed by atoms with van der Waals surface area (Å²) in [6.07, 6.45) is 0.156. The number of benzene rings is 2. The fourth-order valence-electron chi connectivity index (χ4n) is 3.65. The molecule has 184 valence electrons. The monoisotopic (exact) mass is 521 g/mol. The highest BCUT2D eigenvalue weighted by Gasteiger charge is 2.23. The Morgan fingerprint density at radius 1 is 1.06 bits per heavy atom. The second-order valence-electron chi connectivity index (χ2n) is 8.53. The molecule has 0 fully saturated rings. The van der Waals surface area contributed by atoms with Gasteiger partial charge in [-0.25, -0.2) is 13.4 Å². The van der Waals surface area contributed by atoms with Crippen molar-refractivity contribution in [2.24, 2.45) is 0 Å². The van der Waals surface area contributed by atoms with E-state index in [0.29, 0.717) is 16.7 Å². The number of carbonyl (C=O) groups is 1. The van der Waals surface area contributed by atoms with Crippen LogP contribution in [0.4, 0.5) is 5.13 Å². The number of aromatic nitrogens is 1. The van der Waals surface area contributed by atoms with Gasteiger partial charge in [0.05, 0.1) is 31.8 Å². The van der Waals surface area contributed by atoms with Crippen LogP contribution >= 0.6 is 22.9 Å². The molecule has 3 rings (SSSR count). The lowest BCUT2D eigenvalue weighted by Gasteiger charge is -2.24. The lowest BCUT2D eigenvalue weighted by Crippen LogP contribution is -2.39. The normalized spacial score (nSPS) is 12.1. The van der Waals surface area contributed by atoms with Crippen molar-refractivity contribution in [3.63, 3.8) is 0 Å². The molecule has 0 unspecified atom stereocenters. The smallest absolute Gasteiger partial charge is 0.233 e. The highest BCUT2D eigenvalue weighted by Crippen LogP contribution is 2.35. The van der Waals surface area contributed by atoms with E-state index in [9.17, 15) is 13.2 Å². The third-order valence-corrected chi connectivity index (χ3v) is 9.69. The highest BCUT2D eigenvalue weighted by atomic mass is 35.5. The number of likely N-dealkylation sites (N-methyl/N-ethyl adjacent to an activating group) is 1. The largest absolute Gasteiger partial charge is 0.302 e. The van der Waals surface area contributed by atoms with Crippen LogP contribution in [0.5, 0.6) is 0 Å². The van der Waals surface area contributed by atoms with Gasteiger partial charge in [-0.1, -0.05) is 55.0 Å². The molecule has 0 N–H and O–H groups in total. The van der Waals surface area contributed by atoms with Crippen molar-refractivity contribution in [3.05, 3.63) is 52.5 Å². The molecule has 0 bridgehead atoms. The Bertz CT molecular complexity index is 1210. The van der Waals surface area contributed by atoms with Gasteiger partial charge in [0, 0.05) is 13.1 Å². The van der Waals surface area contributed by atoms with Crippen molar-refractivity contribution in [1.82, 2.24) is 9.88 Å². The van der Waals surface area contributed by atoms with E-state index in [1.54, 1.807) is 43.0 Å². The zero-order valence-corrected chi connectivity index (χ0v) is 22.7. The number of aryl methyl sites for hydroxylation is 1. The third kappa shape index (κ3) is 5.79. The van der Waals surface area contributed by atoms with E-state index in [1.807, 2.05) is 19.1 Å². The zero-order valence-electron chi connectivity index (χ0n) is 20.3. The van der Waals surface area contributed by atoms with Gasteiger partial charge in [0.15, 0.2) is 15.0 Å². The van der Waals surface area contributed by atoms with Crippen molar-refractivity contribution in [3.8, 4) is 0 Å². The number of fused-ring (bicyclic) bond motifs is 1. The van der Waals surface area contributed by atoms with Crippen LogP contribution < -0.4 is 4.90 Å². The van der Waals surface area contributed by atoms with Gasteiger partial charge in [-0.2, -0.15) is 0 Å².